The Balaban J connectivity index is 2.30. The van der Waals surface area contributed by atoms with Crippen molar-refractivity contribution >= 4 is 11.9 Å². The highest BCUT2D eigenvalue weighted by Gasteiger charge is 2.22. The number of esters is 1. The zero-order valence-corrected chi connectivity index (χ0v) is 13.2. The van der Waals surface area contributed by atoms with Crippen molar-refractivity contribution in [1.82, 2.24) is 10.2 Å². The van der Waals surface area contributed by atoms with E-state index in [0.717, 1.165) is 25.9 Å². The number of nitrogens with one attached hydrogen (secondary N) is 1. The first-order chi connectivity index (χ1) is 9.30. The number of hydrogen-bond donors (Lipinski definition) is 1. The summed E-state index contributed by atoms with van der Waals surface area (Å²) in [6.45, 7) is 10.0. The number of amides is 1. The van der Waals surface area contributed by atoms with Crippen LogP contribution in [0.2, 0.25) is 0 Å². The predicted molar refractivity (Wildman–Crippen MR) is 78.4 cm³/mol. The van der Waals surface area contributed by atoms with Crippen molar-refractivity contribution in [1.29, 1.82) is 0 Å². The second-order valence-electron chi connectivity index (χ2n) is 6.40. The predicted octanol–water partition coefficient (Wildman–Crippen LogP) is 1.71. The lowest BCUT2D eigenvalue weighted by Gasteiger charge is -2.33. The lowest BCUT2D eigenvalue weighted by Crippen LogP contribution is -2.48. The first-order valence-corrected chi connectivity index (χ1v) is 7.53. The van der Waals surface area contributed by atoms with E-state index >= 15 is 0 Å². The normalized spacial score (nSPS) is 20.5. The van der Waals surface area contributed by atoms with Crippen molar-refractivity contribution in [3.05, 3.63) is 0 Å². The van der Waals surface area contributed by atoms with Crippen LogP contribution in [0.15, 0.2) is 0 Å². The van der Waals surface area contributed by atoms with Gasteiger partial charge in [0.2, 0.25) is 5.91 Å². The van der Waals surface area contributed by atoms with Gasteiger partial charge in [-0.2, -0.15) is 0 Å². The molecule has 20 heavy (non-hydrogen) atoms. The fraction of sp³-hybridized carbons (Fsp3) is 0.867. The van der Waals surface area contributed by atoms with Crippen LogP contribution in [0, 0.1) is 0 Å². The first-order valence-electron chi connectivity index (χ1n) is 7.53. The summed E-state index contributed by atoms with van der Waals surface area (Å²) >= 11 is 0. The SMILES string of the molecule is CCC(=O)N[C@@H]1CCCN(CCC(=O)OC(C)(C)C)C1. The number of carbonyl (C=O) groups is 2. The standard InChI is InChI=1S/C15H28N2O3/c1-5-13(18)16-12-7-6-9-17(11-12)10-8-14(19)20-15(2,3)4/h12H,5-11H2,1-4H3,(H,16,18)/t12-/m1/s1. The van der Waals surface area contributed by atoms with E-state index in [0.29, 0.717) is 19.4 Å². The maximum absolute atomic E-state index is 11.7. The maximum Gasteiger partial charge on any atom is 0.307 e. The van der Waals surface area contributed by atoms with Crippen LogP contribution >= 0.6 is 0 Å². The van der Waals surface area contributed by atoms with E-state index in [1.807, 2.05) is 27.7 Å². The van der Waals surface area contributed by atoms with Crippen LogP contribution in [0.1, 0.15) is 53.4 Å². The summed E-state index contributed by atoms with van der Waals surface area (Å²) in [5, 5.41) is 3.03. The third kappa shape index (κ3) is 6.89. The molecule has 1 amide bonds. The van der Waals surface area contributed by atoms with Crippen LogP contribution in [-0.2, 0) is 14.3 Å². The van der Waals surface area contributed by atoms with Crippen molar-refractivity contribution in [2.75, 3.05) is 19.6 Å². The van der Waals surface area contributed by atoms with Crippen LogP contribution in [0.4, 0.5) is 0 Å². The summed E-state index contributed by atoms with van der Waals surface area (Å²) in [7, 11) is 0. The molecule has 5 heteroatoms. The van der Waals surface area contributed by atoms with E-state index in [2.05, 4.69) is 10.2 Å². The van der Waals surface area contributed by atoms with Crippen molar-refractivity contribution in [3.63, 3.8) is 0 Å². The summed E-state index contributed by atoms with van der Waals surface area (Å²) in [6, 6.07) is 0.217. The molecule has 116 valence electrons. The number of hydrogen-bond acceptors (Lipinski definition) is 4. The average molecular weight is 284 g/mol. The second-order valence-corrected chi connectivity index (χ2v) is 6.40. The van der Waals surface area contributed by atoms with Crippen LogP contribution in [0.3, 0.4) is 0 Å². The van der Waals surface area contributed by atoms with Gasteiger partial charge in [-0.3, -0.25) is 9.59 Å². The van der Waals surface area contributed by atoms with Gasteiger partial charge in [0.25, 0.3) is 0 Å². The molecular formula is C15H28N2O3. The summed E-state index contributed by atoms with van der Waals surface area (Å²) in [6.07, 6.45) is 3.01. The molecule has 1 fully saturated rings. The monoisotopic (exact) mass is 284 g/mol. The summed E-state index contributed by atoms with van der Waals surface area (Å²) in [5.41, 5.74) is -0.420. The van der Waals surface area contributed by atoms with Crippen LogP contribution in [0.5, 0.6) is 0 Å². The van der Waals surface area contributed by atoms with E-state index in [9.17, 15) is 9.59 Å². The molecule has 1 rings (SSSR count). The highest BCUT2D eigenvalue weighted by molar-refractivity contribution is 5.75. The van der Waals surface area contributed by atoms with E-state index in [4.69, 9.17) is 4.74 Å². The minimum Gasteiger partial charge on any atom is -0.460 e. The lowest BCUT2D eigenvalue weighted by molar-refractivity contribution is -0.155. The third-order valence-corrected chi connectivity index (χ3v) is 3.24. The number of piperidine rings is 1. The Bertz CT molecular complexity index is 337. The van der Waals surface area contributed by atoms with Crippen LogP contribution in [0.25, 0.3) is 0 Å². The molecule has 0 bridgehead atoms. The average Bonchev–Trinajstić information content (AvgIpc) is 2.34. The quantitative estimate of drug-likeness (QED) is 0.781. The van der Waals surface area contributed by atoms with E-state index in [-0.39, 0.29) is 17.9 Å². The molecule has 0 aromatic rings. The largest absolute Gasteiger partial charge is 0.460 e. The Morgan fingerprint density at radius 1 is 1.35 bits per heavy atom. The fourth-order valence-electron chi connectivity index (χ4n) is 2.35. The number of likely N-dealkylation sites (tertiary alicyclic amines) is 1. The minimum absolute atomic E-state index is 0.101. The number of ether oxygens (including phenoxy) is 1. The molecule has 0 unspecified atom stereocenters. The molecule has 1 N–H and O–H groups in total. The Hall–Kier alpha value is -1.10. The Labute approximate surface area is 122 Å². The zero-order valence-electron chi connectivity index (χ0n) is 13.2. The smallest absolute Gasteiger partial charge is 0.307 e. The summed E-state index contributed by atoms with van der Waals surface area (Å²) in [5.74, 6) is -0.0544. The van der Waals surface area contributed by atoms with Crippen molar-refractivity contribution in [3.8, 4) is 0 Å². The molecule has 1 atom stereocenters. The number of carbonyl (C=O) groups excluding carboxylic acids is 2. The Kier molecular flexibility index (Phi) is 6.46. The van der Waals surface area contributed by atoms with Gasteiger partial charge in [-0.05, 0) is 40.2 Å². The fourth-order valence-corrected chi connectivity index (χ4v) is 2.35. The molecule has 1 aliphatic rings. The zero-order chi connectivity index (χ0) is 15.2. The van der Waals surface area contributed by atoms with Gasteiger partial charge in [-0.25, -0.2) is 0 Å². The van der Waals surface area contributed by atoms with Crippen molar-refractivity contribution in [2.45, 2.75) is 65.0 Å². The maximum atomic E-state index is 11.7. The molecule has 0 radical (unpaired) electrons. The molecular weight excluding hydrogens is 256 g/mol. The van der Waals surface area contributed by atoms with Gasteiger partial charge in [0.05, 0.1) is 6.42 Å². The second kappa shape index (κ2) is 7.62. The third-order valence-electron chi connectivity index (χ3n) is 3.24. The lowest BCUT2D eigenvalue weighted by atomic mass is 10.1. The van der Waals surface area contributed by atoms with Gasteiger partial charge in [0.1, 0.15) is 5.60 Å². The van der Waals surface area contributed by atoms with Gasteiger partial charge in [-0.1, -0.05) is 6.92 Å². The van der Waals surface area contributed by atoms with Crippen molar-refractivity contribution < 1.29 is 14.3 Å². The van der Waals surface area contributed by atoms with E-state index < -0.39 is 5.60 Å². The highest BCUT2D eigenvalue weighted by atomic mass is 16.6. The molecule has 0 aromatic carbocycles. The minimum atomic E-state index is -0.420. The Morgan fingerprint density at radius 2 is 2.05 bits per heavy atom. The van der Waals surface area contributed by atoms with Gasteiger partial charge in [0, 0.05) is 25.6 Å². The van der Waals surface area contributed by atoms with Gasteiger partial charge < -0.3 is 15.0 Å². The molecule has 0 spiro atoms. The highest BCUT2D eigenvalue weighted by Crippen LogP contribution is 2.12. The number of nitrogens with zero attached hydrogens (tertiary/aromatic N) is 1. The summed E-state index contributed by atoms with van der Waals surface area (Å²) < 4.78 is 5.30. The molecule has 1 heterocycles. The molecule has 0 aromatic heterocycles. The molecule has 0 saturated carbocycles. The van der Waals surface area contributed by atoms with Gasteiger partial charge in [-0.15, -0.1) is 0 Å². The summed E-state index contributed by atoms with van der Waals surface area (Å²) in [4.78, 5) is 25.3. The van der Waals surface area contributed by atoms with E-state index in [1.54, 1.807) is 0 Å². The van der Waals surface area contributed by atoms with Gasteiger partial charge >= 0.3 is 5.97 Å². The molecule has 1 aliphatic heterocycles. The number of rotatable bonds is 5. The first kappa shape index (κ1) is 17.0. The molecule has 5 nitrogen and oxygen atoms in total. The van der Waals surface area contributed by atoms with Crippen molar-refractivity contribution in [2.24, 2.45) is 0 Å². The topological polar surface area (TPSA) is 58.6 Å². The molecule has 1 saturated heterocycles. The van der Waals surface area contributed by atoms with Crippen LogP contribution in [-0.4, -0.2) is 48.1 Å². The van der Waals surface area contributed by atoms with Crippen LogP contribution < -0.4 is 5.32 Å². The van der Waals surface area contributed by atoms with Gasteiger partial charge in [0.15, 0.2) is 0 Å². The Morgan fingerprint density at radius 3 is 2.65 bits per heavy atom. The van der Waals surface area contributed by atoms with E-state index in [1.165, 1.54) is 0 Å². The molecule has 0 aliphatic carbocycles.